The molecule has 6 nitrogen and oxygen atoms in total. The van der Waals surface area contributed by atoms with Gasteiger partial charge in [0.25, 0.3) is 0 Å². The van der Waals surface area contributed by atoms with Crippen molar-refractivity contribution in [3.05, 3.63) is 65.2 Å². The second kappa shape index (κ2) is 8.63. The number of carbonyl (C=O) groups is 1. The standard InChI is InChI=1S/C18H17F2NO5S/c1-3-26-18(22)17(11-21-13-5-7-14(25-2)8-6-13)27(23,24)16-10-12(19)4-9-15(16)20/h4-11,21H,3H2,1-2H3/b17-11+. The summed E-state index contributed by atoms with van der Waals surface area (Å²) in [5.74, 6) is -2.76. The maximum Gasteiger partial charge on any atom is 0.351 e. The van der Waals surface area contributed by atoms with Gasteiger partial charge in [0.1, 0.15) is 22.3 Å². The van der Waals surface area contributed by atoms with Crippen molar-refractivity contribution in [2.75, 3.05) is 19.0 Å². The first kappa shape index (κ1) is 20.4. The zero-order chi connectivity index (χ0) is 20.0. The lowest BCUT2D eigenvalue weighted by Crippen LogP contribution is -2.19. The van der Waals surface area contributed by atoms with Crippen LogP contribution in [-0.2, 0) is 19.4 Å². The summed E-state index contributed by atoms with van der Waals surface area (Å²) in [5, 5.41) is 2.63. The van der Waals surface area contributed by atoms with Gasteiger partial charge >= 0.3 is 5.97 Å². The molecule has 0 radical (unpaired) electrons. The Balaban J connectivity index is 2.46. The normalized spacial score (nSPS) is 11.8. The van der Waals surface area contributed by atoms with Gasteiger partial charge in [0.05, 0.1) is 13.7 Å². The predicted molar refractivity (Wildman–Crippen MR) is 94.9 cm³/mol. The number of methoxy groups -OCH3 is 1. The molecule has 0 aliphatic rings. The molecule has 0 aromatic heterocycles. The summed E-state index contributed by atoms with van der Waals surface area (Å²) in [7, 11) is -3.19. The SMILES string of the molecule is CCOC(=O)/C(=C\Nc1ccc(OC)cc1)S(=O)(=O)c1cc(F)ccc1F. The molecule has 9 heteroatoms. The van der Waals surface area contributed by atoms with E-state index in [2.05, 4.69) is 5.32 Å². The number of rotatable bonds is 7. The van der Waals surface area contributed by atoms with Crippen LogP contribution >= 0.6 is 0 Å². The van der Waals surface area contributed by atoms with Crippen molar-refractivity contribution >= 4 is 21.5 Å². The fraction of sp³-hybridized carbons (Fsp3) is 0.167. The van der Waals surface area contributed by atoms with Crippen molar-refractivity contribution < 1.29 is 31.5 Å². The molecular weight excluding hydrogens is 380 g/mol. The lowest BCUT2D eigenvalue weighted by Gasteiger charge is -2.11. The van der Waals surface area contributed by atoms with Crippen LogP contribution in [0.4, 0.5) is 14.5 Å². The fourth-order valence-electron chi connectivity index (χ4n) is 2.09. The van der Waals surface area contributed by atoms with Gasteiger partial charge in [0.2, 0.25) is 9.84 Å². The minimum atomic E-state index is -4.67. The molecule has 2 aromatic carbocycles. The number of anilines is 1. The van der Waals surface area contributed by atoms with Crippen LogP contribution in [0.3, 0.4) is 0 Å². The van der Waals surface area contributed by atoms with E-state index in [-0.39, 0.29) is 6.61 Å². The second-order valence-electron chi connectivity index (χ2n) is 5.18. The van der Waals surface area contributed by atoms with Gasteiger partial charge in [-0.25, -0.2) is 22.0 Å². The van der Waals surface area contributed by atoms with Crippen LogP contribution in [-0.4, -0.2) is 28.1 Å². The monoisotopic (exact) mass is 397 g/mol. The molecule has 2 rings (SSSR count). The summed E-state index contributed by atoms with van der Waals surface area (Å²) in [4.78, 5) is 10.3. The van der Waals surface area contributed by atoms with Gasteiger partial charge in [0, 0.05) is 11.9 Å². The Labute approximate surface area is 155 Å². The highest BCUT2D eigenvalue weighted by Crippen LogP contribution is 2.25. The van der Waals surface area contributed by atoms with Crippen molar-refractivity contribution in [2.45, 2.75) is 11.8 Å². The van der Waals surface area contributed by atoms with Gasteiger partial charge in [0.15, 0.2) is 4.91 Å². The minimum absolute atomic E-state index is 0.0974. The average molecular weight is 397 g/mol. The van der Waals surface area contributed by atoms with E-state index >= 15 is 0 Å². The van der Waals surface area contributed by atoms with E-state index in [4.69, 9.17) is 9.47 Å². The van der Waals surface area contributed by atoms with E-state index in [1.807, 2.05) is 0 Å². The molecule has 0 bridgehead atoms. The zero-order valence-corrected chi connectivity index (χ0v) is 15.3. The van der Waals surface area contributed by atoms with Crippen molar-refractivity contribution in [1.82, 2.24) is 0 Å². The van der Waals surface area contributed by atoms with Gasteiger partial charge in [-0.1, -0.05) is 0 Å². The molecular formula is C18H17F2NO5S. The number of hydrogen-bond acceptors (Lipinski definition) is 6. The molecule has 0 saturated carbocycles. The molecule has 0 saturated heterocycles. The minimum Gasteiger partial charge on any atom is -0.497 e. The maximum absolute atomic E-state index is 14.0. The number of carbonyl (C=O) groups excluding carboxylic acids is 1. The summed E-state index contributed by atoms with van der Waals surface area (Å²) >= 11 is 0. The Kier molecular flexibility index (Phi) is 6.51. The number of benzene rings is 2. The van der Waals surface area contributed by atoms with Gasteiger partial charge in [-0.05, 0) is 49.4 Å². The van der Waals surface area contributed by atoms with E-state index in [0.717, 1.165) is 12.3 Å². The van der Waals surface area contributed by atoms with Crippen LogP contribution in [0.1, 0.15) is 6.92 Å². The fourth-order valence-corrected chi connectivity index (χ4v) is 3.41. The second-order valence-corrected chi connectivity index (χ2v) is 7.07. The smallest absolute Gasteiger partial charge is 0.351 e. The van der Waals surface area contributed by atoms with Gasteiger partial charge in [-0.15, -0.1) is 0 Å². The van der Waals surface area contributed by atoms with E-state index in [9.17, 15) is 22.0 Å². The highest BCUT2D eigenvalue weighted by Gasteiger charge is 2.31. The lowest BCUT2D eigenvalue weighted by atomic mass is 10.3. The Morgan fingerprint density at radius 1 is 1.15 bits per heavy atom. The average Bonchev–Trinajstić information content (AvgIpc) is 2.64. The third-order valence-corrected chi connectivity index (χ3v) is 5.16. The van der Waals surface area contributed by atoms with Crippen LogP contribution in [0.15, 0.2) is 58.5 Å². The summed E-state index contributed by atoms with van der Waals surface area (Å²) in [6.07, 6.45) is 0.874. The third-order valence-electron chi connectivity index (χ3n) is 3.41. The molecule has 2 aromatic rings. The molecule has 27 heavy (non-hydrogen) atoms. The molecule has 0 heterocycles. The Bertz CT molecular complexity index is 956. The molecule has 0 aliphatic carbocycles. The molecule has 0 atom stereocenters. The Morgan fingerprint density at radius 2 is 1.81 bits per heavy atom. The quantitative estimate of drug-likeness (QED) is 0.571. The summed E-state index contributed by atoms with van der Waals surface area (Å²) < 4.78 is 62.6. The first-order chi connectivity index (χ1) is 12.8. The van der Waals surface area contributed by atoms with Crippen LogP contribution < -0.4 is 10.1 Å². The number of halogens is 2. The van der Waals surface area contributed by atoms with Crippen molar-refractivity contribution in [3.8, 4) is 5.75 Å². The van der Waals surface area contributed by atoms with E-state index in [1.165, 1.54) is 14.0 Å². The summed E-state index contributed by atoms with van der Waals surface area (Å²) in [5.41, 5.74) is 0.438. The van der Waals surface area contributed by atoms with Crippen LogP contribution in [0.5, 0.6) is 5.75 Å². The van der Waals surface area contributed by atoms with Crippen LogP contribution in [0.25, 0.3) is 0 Å². The molecule has 0 spiro atoms. The van der Waals surface area contributed by atoms with Crippen molar-refractivity contribution in [1.29, 1.82) is 0 Å². The van der Waals surface area contributed by atoms with Gasteiger partial charge in [-0.2, -0.15) is 0 Å². The zero-order valence-electron chi connectivity index (χ0n) is 14.5. The Hall–Kier alpha value is -2.94. The predicted octanol–water partition coefficient (Wildman–Crippen LogP) is 3.26. The molecule has 144 valence electrons. The molecule has 0 fully saturated rings. The van der Waals surface area contributed by atoms with E-state index in [0.29, 0.717) is 23.6 Å². The Morgan fingerprint density at radius 3 is 2.41 bits per heavy atom. The number of hydrogen-bond donors (Lipinski definition) is 1. The summed E-state index contributed by atoms with van der Waals surface area (Å²) in [6, 6.07) is 8.33. The first-order valence-corrected chi connectivity index (χ1v) is 9.26. The highest BCUT2D eigenvalue weighted by molar-refractivity contribution is 7.96. The van der Waals surface area contributed by atoms with Crippen molar-refractivity contribution in [2.24, 2.45) is 0 Å². The maximum atomic E-state index is 14.0. The molecule has 0 unspecified atom stereocenters. The number of nitrogens with one attached hydrogen (secondary N) is 1. The van der Waals surface area contributed by atoms with Gasteiger partial charge in [-0.3, -0.25) is 0 Å². The van der Waals surface area contributed by atoms with Gasteiger partial charge < -0.3 is 14.8 Å². The molecule has 0 amide bonds. The van der Waals surface area contributed by atoms with E-state index in [1.54, 1.807) is 24.3 Å². The topological polar surface area (TPSA) is 81.7 Å². The van der Waals surface area contributed by atoms with Crippen molar-refractivity contribution in [3.63, 3.8) is 0 Å². The number of ether oxygens (including phenoxy) is 2. The highest BCUT2D eigenvalue weighted by atomic mass is 32.2. The third kappa shape index (κ3) is 4.82. The number of sulfone groups is 1. The van der Waals surface area contributed by atoms with E-state index < -0.39 is 37.2 Å². The number of esters is 1. The van der Waals surface area contributed by atoms with Crippen LogP contribution in [0, 0.1) is 11.6 Å². The lowest BCUT2D eigenvalue weighted by molar-refractivity contribution is -0.137. The molecule has 1 N–H and O–H groups in total. The molecule has 0 aliphatic heterocycles. The summed E-state index contributed by atoms with van der Waals surface area (Å²) in [6.45, 7) is 1.39. The largest absolute Gasteiger partial charge is 0.497 e. The van der Waals surface area contributed by atoms with Crippen LogP contribution in [0.2, 0.25) is 0 Å². The first-order valence-electron chi connectivity index (χ1n) is 7.77.